The number of fused-ring (bicyclic) bond motifs is 1. The van der Waals surface area contributed by atoms with Gasteiger partial charge in [0.15, 0.2) is 0 Å². The minimum atomic E-state index is -0.271. The number of hydrogen-bond donors (Lipinski definition) is 1. The van der Waals surface area contributed by atoms with E-state index in [-0.39, 0.29) is 17.6 Å². The van der Waals surface area contributed by atoms with Crippen LogP contribution in [0, 0.1) is 12.7 Å². The fourth-order valence-corrected chi connectivity index (χ4v) is 3.79. The van der Waals surface area contributed by atoms with Crippen molar-refractivity contribution in [3.05, 3.63) is 89.9 Å². The van der Waals surface area contributed by atoms with Crippen LogP contribution in [0.5, 0.6) is 0 Å². The number of amides is 1. The summed E-state index contributed by atoms with van der Waals surface area (Å²) in [6.07, 6.45) is 2.67. The molecule has 2 heterocycles. The summed E-state index contributed by atoms with van der Waals surface area (Å²) in [6, 6.07) is 18.1. The third-order valence-corrected chi connectivity index (χ3v) is 5.32. The van der Waals surface area contributed by atoms with E-state index in [0.29, 0.717) is 25.9 Å². The highest BCUT2D eigenvalue weighted by Crippen LogP contribution is 2.28. The van der Waals surface area contributed by atoms with Gasteiger partial charge in [-0.3, -0.25) is 4.79 Å². The first-order valence-corrected chi connectivity index (χ1v) is 10.1. The summed E-state index contributed by atoms with van der Waals surface area (Å²) in [6.45, 7) is 3.04. The Morgan fingerprint density at radius 2 is 1.93 bits per heavy atom. The summed E-state index contributed by atoms with van der Waals surface area (Å²) in [5.41, 5.74) is 2.94. The van der Waals surface area contributed by atoms with Crippen molar-refractivity contribution < 1.29 is 13.6 Å². The molecule has 2 aromatic heterocycles. The maximum Gasteiger partial charge on any atom is 0.221 e. The molecule has 30 heavy (non-hydrogen) atoms. The van der Waals surface area contributed by atoms with Crippen LogP contribution in [0.3, 0.4) is 0 Å². The molecule has 6 heteroatoms. The maximum atomic E-state index is 13.3. The number of para-hydroxylation sites is 2. The number of aromatic nitrogens is 2. The Hall–Kier alpha value is -3.41. The fourth-order valence-electron chi connectivity index (χ4n) is 3.79. The predicted molar refractivity (Wildman–Crippen MR) is 114 cm³/mol. The van der Waals surface area contributed by atoms with Gasteiger partial charge in [-0.2, -0.15) is 0 Å². The van der Waals surface area contributed by atoms with Gasteiger partial charge in [-0.05, 0) is 55.3 Å². The summed E-state index contributed by atoms with van der Waals surface area (Å²) in [5, 5.41) is 3.00. The number of aryl methyl sites for hydroxylation is 2. The molecule has 154 valence electrons. The molecule has 0 fully saturated rings. The molecule has 1 amide bonds. The highest BCUT2D eigenvalue weighted by molar-refractivity contribution is 5.78. The first kappa shape index (κ1) is 19.9. The van der Waals surface area contributed by atoms with Gasteiger partial charge in [0, 0.05) is 25.4 Å². The molecule has 2 aromatic carbocycles. The average molecular weight is 405 g/mol. The van der Waals surface area contributed by atoms with E-state index in [2.05, 4.69) is 14.9 Å². The van der Waals surface area contributed by atoms with Gasteiger partial charge in [-0.15, -0.1) is 0 Å². The third-order valence-electron chi connectivity index (χ3n) is 5.32. The van der Waals surface area contributed by atoms with Gasteiger partial charge in [0.05, 0.1) is 17.3 Å². The number of rotatable bonds is 8. The average Bonchev–Trinajstić information content (AvgIpc) is 3.38. The van der Waals surface area contributed by atoms with Crippen molar-refractivity contribution >= 4 is 16.9 Å². The second kappa shape index (κ2) is 8.95. The summed E-state index contributed by atoms with van der Waals surface area (Å²) in [5.74, 6) is 1.38. The maximum absolute atomic E-state index is 13.3. The minimum Gasteiger partial charge on any atom is -0.469 e. The predicted octanol–water partition coefficient (Wildman–Crippen LogP) is 4.81. The molecule has 1 N–H and O–H groups in total. The normalized spacial score (nSPS) is 12.2. The molecule has 5 nitrogen and oxygen atoms in total. The molecule has 0 spiro atoms. The molecule has 0 saturated carbocycles. The highest BCUT2D eigenvalue weighted by Gasteiger charge is 2.17. The van der Waals surface area contributed by atoms with E-state index >= 15 is 0 Å². The molecule has 0 radical (unpaired) electrons. The topological polar surface area (TPSA) is 60.1 Å². The number of nitrogens with zero attached hydrogens (tertiary/aromatic N) is 2. The largest absolute Gasteiger partial charge is 0.469 e. The standard InChI is InChI=1S/C24H24FN3O2/c1-17-27-21-5-2-3-6-22(21)28(17)15-13-24(29)26-14-12-20(23-7-4-16-30-23)18-8-10-19(25)11-9-18/h2-11,16,20H,12-15H2,1H3,(H,26,29)/t20-/m1/s1. The number of nitrogens with one attached hydrogen (secondary N) is 1. The Balaban J connectivity index is 1.34. The van der Waals surface area contributed by atoms with Crippen molar-refractivity contribution in [1.82, 2.24) is 14.9 Å². The SMILES string of the molecule is Cc1nc2ccccc2n1CCC(=O)NCC[C@H](c1ccc(F)cc1)c1ccco1. The van der Waals surface area contributed by atoms with E-state index in [1.54, 1.807) is 18.4 Å². The van der Waals surface area contributed by atoms with Crippen molar-refractivity contribution in [2.75, 3.05) is 6.54 Å². The van der Waals surface area contributed by atoms with E-state index in [1.165, 1.54) is 12.1 Å². The Bertz CT molecular complexity index is 1120. The van der Waals surface area contributed by atoms with Gasteiger partial charge in [0.1, 0.15) is 17.4 Å². The number of furan rings is 1. The monoisotopic (exact) mass is 405 g/mol. The van der Waals surface area contributed by atoms with Gasteiger partial charge < -0.3 is 14.3 Å². The Kier molecular flexibility index (Phi) is 5.93. The Labute approximate surface area is 174 Å². The van der Waals surface area contributed by atoms with Crippen molar-refractivity contribution in [2.24, 2.45) is 0 Å². The van der Waals surface area contributed by atoms with Crippen LogP contribution in [0.1, 0.15) is 35.9 Å². The van der Waals surface area contributed by atoms with Crippen molar-refractivity contribution in [3.8, 4) is 0 Å². The van der Waals surface area contributed by atoms with E-state index < -0.39 is 0 Å². The van der Waals surface area contributed by atoms with E-state index in [4.69, 9.17) is 4.42 Å². The molecular formula is C24H24FN3O2. The molecule has 0 aliphatic carbocycles. The lowest BCUT2D eigenvalue weighted by atomic mass is 9.93. The van der Waals surface area contributed by atoms with E-state index in [1.807, 2.05) is 43.3 Å². The lowest BCUT2D eigenvalue weighted by molar-refractivity contribution is -0.121. The van der Waals surface area contributed by atoms with Crippen LogP contribution in [0.15, 0.2) is 71.3 Å². The number of carbonyl (C=O) groups excluding carboxylic acids is 1. The van der Waals surface area contributed by atoms with Gasteiger partial charge >= 0.3 is 0 Å². The van der Waals surface area contributed by atoms with E-state index in [9.17, 15) is 9.18 Å². The number of imidazole rings is 1. The summed E-state index contributed by atoms with van der Waals surface area (Å²) >= 11 is 0. The first-order valence-electron chi connectivity index (χ1n) is 10.1. The quantitative estimate of drug-likeness (QED) is 0.458. The van der Waals surface area contributed by atoms with Crippen LogP contribution in [0.25, 0.3) is 11.0 Å². The van der Waals surface area contributed by atoms with Crippen LogP contribution >= 0.6 is 0 Å². The fraction of sp³-hybridized carbons (Fsp3) is 0.250. The van der Waals surface area contributed by atoms with Gasteiger partial charge in [-0.1, -0.05) is 24.3 Å². The lowest BCUT2D eigenvalue weighted by Gasteiger charge is -2.16. The molecule has 4 rings (SSSR count). The van der Waals surface area contributed by atoms with Crippen LogP contribution in [0.4, 0.5) is 4.39 Å². The molecule has 0 aliphatic heterocycles. The highest BCUT2D eigenvalue weighted by atomic mass is 19.1. The van der Waals surface area contributed by atoms with Crippen LogP contribution in [-0.4, -0.2) is 22.0 Å². The van der Waals surface area contributed by atoms with Gasteiger partial charge in [-0.25, -0.2) is 9.37 Å². The van der Waals surface area contributed by atoms with Crippen LogP contribution in [-0.2, 0) is 11.3 Å². The zero-order valence-corrected chi connectivity index (χ0v) is 16.8. The number of halogens is 1. The second-order valence-corrected chi connectivity index (χ2v) is 7.31. The first-order chi connectivity index (χ1) is 14.6. The molecule has 1 atom stereocenters. The van der Waals surface area contributed by atoms with Crippen molar-refractivity contribution in [2.45, 2.75) is 32.2 Å². The molecule has 0 bridgehead atoms. The molecule has 4 aromatic rings. The number of hydrogen-bond acceptors (Lipinski definition) is 3. The zero-order chi connectivity index (χ0) is 20.9. The molecular weight excluding hydrogens is 381 g/mol. The van der Waals surface area contributed by atoms with Crippen LogP contribution in [0.2, 0.25) is 0 Å². The minimum absolute atomic E-state index is 0.00974. The molecule has 0 aliphatic rings. The molecule has 0 saturated heterocycles. The van der Waals surface area contributed by atoms with E-state index in [0.717, 1.165) is 28.2 Å². The zero-order valence-electron chi connectivity index (χ0n) is 16.8. The van der Waals surface area contributed by atoms with Crippen molar-refractivity contribution in [3.63, 3.8) is 0 Å². The molecule has 0 unspecified atom stereocenters. The second-order valence-electron chi connectivity index (χ2n) is 7.31. The van der Waals surface area contributed by atoms with Gasteiger partial charge in [0.2, 0.25) is 5.91 Å². The summed E-state index contributed by atoms with van der Waals surface area (Å²) in [7, 11) is 0. The number of carbonyl (C=O) groups is 1. The smallest absolute Gasteiger partial charge is 0.221 e. The Morgan fingerprint density at radius 3 is 2.70 bits per heavy atom. The third kappa shape index (κ3) is 4.43. The van der Waals surface area contributed by atoms with Gasteiger partial charge in [0.25, 0.3) is 0 Å². The summed E-state index contributed by atoms with van der Waals surface area (Å²) < 4.78 is 20.9. The number of benzene rings is 2. The summed E-state index contributed by atoms with van der Waals surface area (Å²) in [4.78, 5) is 17.0. The van der Waals surface area contributed by atoms with Crippen molar-refractivity contribution in [1.29, 1.82) is 0 Å². The Morgan fingerprint density at radius 1 is 1.13 bits per heavy atom. The lowest BCUT2D eigenvalue weighted by Crippen LogP contribution is -2.26. The van der Waals surface area contributed by atoms with Crippen LogP contribution < -0.4 is 5.32 Å².